The molecule has 4 heteroatoms. The summed E-state index contributed by atoms with van der Waals surface area (Å²) in [5.74, 6) is 0.150. The number of nitrogens with zero attached hydrogens (tertiary/aromatic N) is 1. The first-order valence-corrected chi connectivity index (χ1v) is 4.28. The number of hydrogen-bond acceptors (Lipinski definition) is 3. The van der Waals surface area contributed by atoms with Gasteiger partial charge in [-0.2, -0.15) is 0 Å². The fourth-order valence-electron chi connectivity index (χ4n) is 1.43. The number of carbonyl (C=O) groups excluding carboxylic acids is 1. The van der Waals surface area contributed by atoms with Crippen LogP contribution in [-0.4, -0.2) is 43.7 Å². The summed E-state index contributed by atoms with van der Waals surface area (Å²) in [6.07, 6.45) is 1.63. The van der Waals surface area contributed by atoms with Crippen molar-refractivity contribution in [2.45, 2.75) is 18.9 Å². The van der Waals surface area contributed by atoms with Crippen LogP contribution in [0.1, 0.15) is 12.8 Å². The molecule has 70 valence electrons. The summed E-state index contributed by atoms with van der Waals surface area (Å²) < 4.78 is 5.14. The van der Waals surface area contributed by atoms with E-state index in [0.29, 0.717) is 13.0 Å². The molecule has 1 amide bonds. The Morgan fingerprint density at radius 2 is 2.50 bits per heavy atom. The monoisotopic (exact) mass is 172 g/mol. The number of likely N-dealkylation sites (tertiary alicyclic amines) is 1. The molecule has 0 bridgehead atoms. The number of carbonyl (C=O) groups is 1. The van der Waals surface area contributed by atoms with Crippen molar-refractivity contribution in [2.75, 3.05) is 26.7 Å². The van der Waals surface area contributed by atoms with Crippen LogP contribution in [0.3, 0.4) is 0 Å². The van der Waals surface area contributed by atoms with Gasteiger partial charge in [0.2, 0.25) is 5.91 Å². The molecule has 0 unspecified atom stereocenters. The second kappa shape index (κ2) is 4.42. The van der Waals surface area contributed by atoms with E-state index in [-0.39, 0.29) is 12.0 Å². The highest BCUT2D eigenvalue weighted by atomic mass is 16.5. The highest BCUT2D eigenvalue weighted by molar-refractivity contribution is 5.76. The molecule has 1 rings (SSSR count). The molecule has 1 aliphatic heterocycles. The van der Waals surface area contributed by atoms with Gasteiger partial charge in [0.25, 0.3) is 0 Å². The number of methoxy groups -OCH3 is 1. The van der Waals surface area contributed by atoms with Gasteiger partial charge in [0.05, 0.1) is 6.10 Å². The highest BCUT2D eigenvalue weighted by Gasteiger charge is 2.24. The van der Waals surface area contributed by atoms with E-state index in [0.717, 1.165) is 19.5 Å². The minimum Gasteiger partial charge on any atom is -0.380 e. The second-order valence-electron chi connectivity index (χ2n) is 3.02. The van der Waals surface area contributed by atoms with Gasteiger partial charge in [0, 0.05) is 33.2 Å². The third kappa shape index (κ3) is 2.19. The van der Waals surface area contributed by atoms with E-state index in [1.54, 1.807) is 7.11 Å². The number of ether oxygens (including phenoxy) is 1. The maximum absolute atomic E-state index is 11.3. The molecule has 1 aliphatic rings. The summed E-state index contributed by atoms with van der Waals surface area (Å²) in [5, 5.41) is 0. The molecule has 1 fully saturated rings. The molecule has 0 spiro atoms. The van der Waals surface area contributed by atoms with Gasteiger partial charge in [-0.3, -0.25) is 4.79 Å². The SMILES string of the molecule is CO[C@@H]1CCN(C(=O)CCN)C1. The van der Waals surface area contributed by atoms with Gasteiger partial charge in [0.15, 0.2) is 0 Å². The van der Waals surface area contributed by atoms with Gasteiger partial charge in [-0.25, -0.2) is 0 Å². The lowest BCUT2D eigenvalue weighted by atomic mass is 10.3. The van der Waals surface area contributed by atoms with E-state index in [2.05, 4.69) is 0 Å². The van der Waals surface area contributed by atoms with Gasteiger partial charge in [0.1, 0.15) is 0 Å². The average Bonchev–Trinajstić information content (AvgIpc) is 2.52. The van der Waals surface area contributed by atoms with Crippen LogP contribution in [-0.2, 0) is 9.53 Å². The van der Waals surface area contributed by atoms with Crippen molar-refractivity contribution in [3.05, 3.63) is 0 Å². The van der Waals surface area contributed by atoms with Crippen molar-refractivity contribution < 1.29 is 9.53 Å². The predicted molar refractivity (Wildman–Crippen MR) is 45.7 cm³/mol. The Bertz CT molecular complexity index is 161. The Balaban J connectivity index is 2.31. The fourth-order valence-corrected chi connectivity index (χ4v) is 1.43. The predicted octanol–water partition coefficient (Wildman–Crippen LogP) is -0.417. The van der Waals surface area contributed by atoms with Crippen molar-refractivity contribution in [3.8, 4) is 0 Å². The standard InChI is InChI=1S/C8H16N2O2/c1-12-7-3-5-10(6-7)8(11)2-4-9/h7H,2-6,9H2,1H3/t7-/m1/s1. The van der Waals surface area contributed by atoms with Crippen molar-refractivity contribution in [2.24, 2.45) is 5.73 Å². The molecule has 1 heterocycles. The normalized spacial score (nSPS) is 23.2. The number of hydrogen-bond donors (Lipinski definition) is 1. The first-order chi connectivity index (χ1) is 5.77. The Hall–Kier alpha value is -0.610. The maximum atomic E-state index is 11.3. The zero-order valence-electron chi connectivity index (χ0n) is 7.45. The Labute approximate surface area is 72.7 Å². The average molecular weight is 172 g/mol. The van der Waals surface area contributed by atoms with Gasteiger partial charge >= 0.3 is 0 Å². The molecule has 1 atom stereocenters. The van der Waals surface area contributed by atoms with Crippen molar-refractivity contribution in [1.29, 1.82) is 0 Å². The van der Waals surface area contributed by atoms with Crippen LogP contribution in [0, 0.1) is 0 Å². The minimum atomic E-state index is 0.150. The van der Waals surface area contributed by atoms with Crippen LogP contribution in [0.4, 0.5) is 0 Å². The summed E-state index contributed by atoms with van der Waals surface area (Å²) in [6.45, 7) is 1.99. The van der Waals surface area contributed by atoms with E-state index in [4.69, 9.17) is 10.5 Å². The molecule has 2 N–H and O–H groups in total. The number of nitrogens with two attached hydrogens (primary N) is 1. The fraction of sp³-hybridized carbons (Fsp3) is 0.875. The molecular weight excluding hydrogens is 156 g/mol. The molecule has 0 saturated carbocycles. The molecule has 4 nitrogen and oxygen atoms in total. The quantitative estimate of drug-likeness (QED) is 0.629. The van der Waals surface area contributed by atoms with E-state index >= 15 is 0 Å². The molecule has 1 saturated heterocycles. The molecule has 0 aromatic carbocycles. The van der Waals surface area contributed by atoms with Gasteiger partial charge < -0.3 is 15.4 Å². The van der Waals surface area contributed by atoms with Gasteiger partial charge in [-0.05, 0) is 6.42 Å². The third-order valence-corrected chi connectivity index (χ3v) is 2.19. The Morgan fingerprint density at radius 1 is 1.75 bits per heavy atom. The zero-order chi connectivity index (χ0) is 8.97. The largest absolute Gasteiger partial charge is 0.380 e. The van der Waals surface area contributed by atoms with Crippen molar-refractivity contribution >= 4 is 5.91 Å². The smallest absolute Gasteiger partial charge is 0.223 e. The molecule has 0 aromatic rings. The second-order valence-corrected chi connectivity index (χ2v) is 3.02. The van der Waals surface area contributed by atoms with Crippen LogP contribution in [0.5, 0.6) is 0 Å². The van der Waals surface area contributed by atoms with Crippen molar-refractivity contribution in [3.63, 3.8) is 0 Å². The van der Waals surface area contributed by atoms with Crippen LogP contribution in [0.25, 0.3) is 0 Å². The Morgan fingerprint density at radius 3 is 3.00 bits per heavy atom. The topological polar surface area (TPSA) is 55.6 Å². The summed E-state index contributed by atoms with van der Waals surface area (Å²) in [6, 6.07) is 0. The molecule has 0 aromatic heterocycles. The lowest BCUT2D eigenvalue weighted by molar-refractivity contribution is -0.130. The summed E-state index contributed by atoms with van der Waals surface area (Å²) in [4.78, 5) is 13.1. The summed E-state index contributed by atoms with van der Waals surface area (Å²) in [7, 11) is 1.68. The number of rotatable bonds is 3. The van der Waals surface area contributed by atoms with Crippen molar-refractivity contribution in [1.82, 2.24) is 4.90 Å². The lowest BCUT2D eigenvalue weighted by Gasteiger charge is -2.15. The van der Waals surface area contributed by atoms with E-state index < -0.39 is 0 Å². The van der Waals surface area contributed by atoms with Crippen LogP contribution in [0.15, 0.2) is 0 Å². The third-order valence-electron chi connectivity index (χ3n) is 2.19. The maximum Gasteiger partial charge on any atom is 0.223 e. The lowest BCUT2D eigenvalue weighted by Crippen LogP contribution is -2.31. The van der Waals surface area contributed by atoms with Gasteiger partial charge in [-0.1, -0.05) is 0 Å². The first-order valence-electron chi connectivity index (χ1n) is 4.28. The van der Waals surface area contributed by atoms with Gasteiger partial charge in [-0.15, -0.1) is 0 Å². The van der Waals surface area contributed by atoms with Crippen LogP contribution < -0.4 is 5.73 Å². The number of amides is 1. The van der Waals surface area contributed by atoms with E-state index in [1.807, 2.05) is 4.90 Å². The molecule has 12 heavy (non-hydrogen) atoms. The molecule has 0 radical (unpaired) electrons. The van der Waals surface area contributed by atoms with E-state index in [9.17, 15) is 4.79 Å². The van der Waals surface area contributed by atoms with E-state index in [1.165, 1.54) is 0 Å². The molecular formula is C8H16N2O2. The Kier molecular flexibility index (Phi) is 3.49. The van der Waals surface area contributed by atoms with Crippen LogP contribution >= 0.6 is 0 Å². The minimum absolute atomic E-state index is 0.150. The molecule has 0 aliphatic carbocycles. The highest BCUT2D eigenvalue weighted by Crippen LogP contribution is 2.12. The first kappa shape index (κ1) is 9.48. The zero-order valence-corrected chi connectivity index (χ0v) is 7.45. The summed E-state index contributed by atoms with van der Waals surface area (Å²) >= 11 is 0. The summed E-state index contributed by atoms with van der Waals surface area (Å²) in [5.41, 5.74) is 5.29. The van der Waals surface area contributed by atoms with Crippen LogP contribution in [0.2, 0.25) is 0 Å².